The number of imide groups is 1. The summed E-state index contributed by atoms with van der Waals surface area (Å²) in [6, 6.07) is 17.1. The van der Waals surface area contributed by atoms with Crippen LogP contribution in [0.15, 0.2) is 60.8 Å². The number of hydrogen-bond donors (Lipinski definition) is 3. The van der Waals surface area contributed by atoms with Crippen molar-refractivity contribution in [1.82, 2.24) is 10.3 Å². The molecule has 1 unspecified atom stereocenters. The molecule has 5 nitrogen and oxygen atoms in total. The standard InChI is InChI=1S/C20H21N3O2/c1-20(21,12-15-13-22-17-10-6-5-9-16(15)17)19(25)23-18(24)11-14-7-3-2-4-8-14/h2-10,13,22H,11-12,21H2,1H3,(H,23,24,25). The molecule has 1 atom stereocenters. The van der Waals surface area contributed by atoms with Gasteiger partial charge in [0.05, 0.1) is 12.0 Å². The van der Waals surface area contributed by atoms with Gasteiger partial charge in [0.1, 0.15) is 0 Å². The third kappa shape index (κ3) is 3.95. The highest BCUT2D eigenvalue weighted by Crippen LogP contribution is 2.21. The Bertz CT molecular complexity index is 897. The van der Waals surface area contributed by atoms with Crippen LogP contribution in [0.4, 0.5) is 0 Å². The quantitative estimate of drug-likeness (QED) is 0.668. The normalized spacial score (nSPS) is 13.4. The number of nitrogens with one attached hydrogen (secondary N) is 2. The summed E-state index contributed by atoms with van der Waals surface area (Å²) in [6.45, 7) is 1.64. The summed E-state index contributed by atoms with van der Waals surface area (Å²) in [5.41, 5.74) is 7.82. The van der Waals surface area contributed by atoms with Gasteiger partial charge in [-0.25, -0.2) is 0 Å². The van der Waals surface area contributed by atoms with Gasteiger partial charge >= 0.3 is 0 Å². The lowest BCUT2D eigenvalue weighted by molar-refractivity contribution is -0.133. The van der Waals surface area contributed by atoms with Gasteiger partial charge in [-0.2, -0.15) is 0 Å². The Labute approximate surface area is 146 Å². The van der Waals surface area contributed by atoms with E-state index in [4.69, 9.17) is 5.73 Å². The van der Waals surface area contributed by atoms with Crippen LogP contribution >= 0.6 is 0 Å². The maximum absolute atomic E-state index is 12.5. The number of H-pyrrole nitrogens is 1. The molecule has 0 bridgehead atoms. The number of aromatic amines is 1. The summed E-state index contributed by atoms with van der Waals surface area (Å²) < 4.78 is 0. The van der Waals surface area contributed by atoms with E-state index < -0.39 is 11.4 Å². The number of nitrogens with two attached hydrogens (primary N) is 1. The number of rotatable bonds is 5. The van der Waals surface area contributed by atoms with Crippen molar-refractivity contribution in [3.8, 4) is 0 Å². The monoisotopic (exact) mass is 335 g/mol. The topological polar surface area (TPSA) is 88.0 Å². The number of fused-ring (bicyclic) bond motifs is 1. The molecular formula is C20H21N3O2. The smallest absolute Gasteiger partial charge is 0.246 e. The summed E-state index contributed by atoms with van der Waals surface area (Å²) in [7, 11) is 0. The summed E-state index contributed by atoms with van der Waals surface area (Å²) >= 11 is 0. The minimum atomic E-state index is -1.18. The molecule has 0 fully saturated rings. The molecule has 0 aliphatic heterocycles. The van der Waals surface area contributed by atoms with Gasteiger partial charge in [0, 0.05) is 23.5 Å². The Morgan fingerprint density at radius 3 is 2.52 bits per heavy atom. The Kier molecular flexibility index (Phi) is 4.67. The first-order chi connectivity index (χ1) is 12.0. The number of aromatic nitrogens is 1. The van der Waals surface area contributed by atoms with Crippen LogP contribution in [0.1, 0.15) is 18.1 Å². The predicted molar refractivity (Wildman–Crippen MR) is 97.9 cm³/mol. The summed E-state index contributed by atoms with van der Waals surface area (Å²) in [5, 5.41) is 3.45. The van der Waals surface area contributed by atoms with Gasteiger partial charge < -0.3 is 10.7 Å². The molecule has 4 N–H and O–H groups in total. The Morgan fingerprint density at radius 2 is 1.76 bits per heavy atom. The Morgan fingerprint density at radius 1 is 1.08 bits per heavy atom. The van der Waals surface area contributed by atoms with Gasteiger partial charge in [-0.1, -0.05) is 48.5 Å². The van der Waals surface area contributed by atoms with E-state index in [0.29, 0.717) is 6.42 Å². The number of carbonyl (C=O) groups excluding carboxylic acids is 2. The number of hydrogen-bond acceptors (Lipinski definition) is 3. The van der Waals surface area contributed by atoms with E-state index in [9.17, 15) is 9.59 Å². The van der Waals surface area contributed by atoms with Crippen LogP contribution in [0.5, 0.6) is 0 Å². The maximum Gasteiger partial charge on any atom is 0.246 e. The Balaban J connectivity index is 1.67. The molecular weight excluding hydrogens is 314 g/mol. The molecule has 5 heteroatoms. The van der Waals surface area contributed by atoms with Gasteiger partial charge in [0.2, 0.25) is 11.8 Å². The molecule has 0 spiro atoms. The zero-order chi connectivity index (χ0) is 17.9. The summed E-state index contributed by atoms with van der Waals surface area (Å²) in [5.74, 6) is -0.828. The average Bonchev–Trinajstić information content (AvgIpc) is 2.98. The number of carbonyl (C=O) groups is 2. The van der Waals surface area contributed by atoms with Crippen molar-refractivity contribution in [2.45, 2.75) is 25.3 Å². The van der Waals surface area contributed by atoms with E-state index in [1.807, 2.05) is 60.8 Å². The molecule has 2 amide bonds. The van der Waals surface area contributed by atoms with Crippen LogP contribution in [0, 0.1) is 0 Å². The minimum Gasteiger partial charge on any atom is -0.361 e. The molecule has 0 aliphatic carbocycles. The first kappa shape index (κ1) is 16.9. The molecule has 0 saturated heterocycles. The molecule has 128 valence electrons. The van der Waals surface area contributed by atoms with Crippen LogP contribution < -0.4 is 11.1 Å². The predicted octanol–water partition coefficient (Wildman–Crippen LogP) is 2.31. The van der Waals surface area contributed by atoms with Crippen molar-refractivity contribution in [3.05, 3.63) is 71.9 Å². The molecule has 25 heavy (non-hydrogen) atoms. The third-order valence-corrected chi connectivity index (χ3v) is 4.21. The van der Waals surface area contributed by atoms with Crippen molar-refractivity contribution in [1.29, 1.82) is 0 Å². The van der Waals surface area contributed by atoms with Crippen molar-refractivity contribution in [2.75, 3.05) is 0 Å². The van der Waals surface area contributed by atoms with E-state index >= 15 is 0 Å². The molecule has 3 aromatic rings. The van der Waals surface area contributed by atoms with Gasteiger partial charge in [-0.05, 0) is 24.1 Å². The van der Waals surface area contributed by atoms with E-state index in [1.54, 1.807) is 6.92 Å². The lowest BCUT2D eigenvalue weighted by Gasteiger charge is -2.23. The highest BCUT2D eigenvalue weighted by molar-refractivity contribution is 6.00. The second-order valence-electron chi connectivity index (χ2n) is 6.49. The zero-order valence-corrected chi connectivity index (χ0v) is 14.1. The lowest BCUT2D eigenvalue weighted by Crippen LogP contribution is -2.54. The van der Waals surface area contributed by atoms with Gasteiger partial charge in [0.25, 0.3) is 0 Å². The first-order valence-corrected chi connectivity index (χ1v) is 8.18. The average molecular weight is 335 g/mol. The van der Waals surface area contributed by atoms with Crippen LogP contribution in [-0.4, -0.2) is 22.3 Å². The van der Waals surface area contributed by atoms with Gasteiger partial charge in [0.15, 0.2) is 0 Å². The maximum atomic E-state index is 12.5. The second kappa shape index (κ2) is 6.91. The molecule has 1 heterocycles. The molecule has 0 radical (unpaired) electrons. The highest BCUT2D eigenvalue weighted by atomic mass is 16.2. The fourth-order valence-corrected chi connectivity index (χ4v) is 2.85. The van der Waals surface area contributed by atoms with Gasteiger partial charge in [-0.3, -0.25) is 14.9 Å². The van der Waals surface area contributed by atoms with E-state index in [2.05, 4.69) is 10.3 Å². The Hall–Kier alpha value is -2.92. The van der Waals surface area contributed by atoms with Crippen LogP contribution in [0.2, 0.25) is 0 Å². The van der Waals surface area contributed by atoms with Gasteiger partial charge in [-0.15, -0.1) is 0 Å². The van der Waals surface area contributed by atoms with Crippen LogP contribution in [0.3, 0.4) is 0 Å². The van der Waals surface area contributed by atoms with Crippen molar-refractivity contribution >= 4 is 22.7 Å². The fraction of sp³-hybridized carbons (Fsp3) is 0.200. The largest absolute Gasteiger partial charge is 0.361 e. The van der Waals surface area contributed by atoms with Crippen LogP contribution in [0.25, 0.3) is 10.9 Å². The molecule has 0 aliphatic rings. The lowest BCUT2D eigenvalue weighted by atomic mass is 9.92. The van der Waals surface area contributed by atoms with Crippen molar-refractivity contribution in [3.63, 3.8) is 0 Å². The fourth-order valence-electron chi connectivity index (χ4n) is 2.85. The number of amides is 2. The number of para-hydroxylation sites is 1. The molecule has 2 aromatic carbocycles. The van der Waals surface area contributed by atoms with E-state index in [1.165, 1.54) is 0 Å². The first-order valence-electron chi connectivity index (χ1n) is 8.18. The second-order valence-corrected chi connectivity index (χ2v) is 6.49. The van der Waals surface area contributed by atoms with Crippen molar-refractivity contribution in [2.24, 2.45) is 5.73 Å². The summed E-state index contributed by atoms with van der Waals surface area (Å²) in [6.07, 6.45) is 2.34. The zero-order valence-electron chi connectivity index (χ0n) is 14.1. The molecule has 0 saturated carbocycles. The van der Waals surface area contributed by atoms with E-state index in [0.717, 1.165) is 22.0 Å². The van der Waals surface area contributed by atoms with Crippen LogP contribution in [-0.2, 0) is 22.4 Å². The SMILES string of the molecule is CC(N)(Cc1c[nH]c2ccccc12)C(=O)NC(=O)Cc1ccccc1. The van der Waals surface area contributed by atoms with E-state index in [-0.39, 0.29) is 12.3 Å². The molecule has 1 aromatic heterocycles. The summed E-state index contributed by atoms with van der Waals surface area (Å²) in [4.78, 5) is 27.7. The van der Waals surface area contributed by atoms with Crippen molar-refractivity contribution < 1.29 is 9.59 Å². The third-order valence-electron chi connectivity index (χ3n) is 4.21. The highest BCUT2D eigenvalue weighted by Gasteiger charge is 2.30. The molecule has 3 rings (SSSR count). The number of benzene rings is 2. The minimum absolute atomic E-state index is 0.149.